The minimum atomic E-state index is -2.35. The molecule has 0 aliphatic heterocycles. The fourth-order valence-electron chi connectivity index (χ4n) is 1.94. The van der Waals surface area contributed by atoms with Crippen LogP contribution in [0.5, 0.6) is 0 Å². The van der Waals surface area contributed by atoms with Gasteiger partial charge in [0.05, 0.1) is 6.54 Å². The predicted octanol–water partition coefficient (Wildman–Crippen LogP) is 2.70. The van der Waals surface area contributed by atoms with E-state index in [9.17, 15) is 8.78 Å². The smallest absolute Gasteiger partial charge is 0.251 e. The van der Waals surface area contributed by atoms with Crippen LogP contribution in [0.3, 0.4) is 0 Å². The van der Waals surface area contributed by atoms with Gasteiger partial charge in [0, 0.05) is 23.8 Å². The molecule has 0 bridgehead atoms. The zero-order valence-corrected chi connectivity index (χ0v) is 10.4. The Morgan fingerprint density at radius 3 is 2.47 bits per heavy atom. The first-order chi connectivity index (χ1) is 7.93. The van der Waals surface area contributed by atoms with Gasteiger partial charge in [0.2, 0.25) is 0 Å². The molecular formula is C12H19F2N3. The van der Waals surface area contributed by atoms with Gasteiger partial charge in [0.1, 0.15) is 5.82 Å². The number of anilines is 1. The van der Waals surface area contributed by atoms with Crippen LogP contribution in [0.25, 0.3) is 0 Å². The maximum Gasteiger partial charge on any atom is 0.251 e. The summed E-state index contributed by atoms with van der Waals surface area (Å²) in [5.74, 6) is 0.403. The maximum absolute atomic E-state index is 12.5. The van der Waals surface area contributed by atoms with Crippen LogP contribution < -0.4 is 5.73 Å². The average Bonchev–Trinajstić information content (AvgIpc) is 2.25. The van der Waals surface area contributed by atoms with Gasteiger partial charge in [-0.05, 0) is 26.8 Å². The molecule has 1 atom stereocenters. The van der Waals surface area contributed by atoms with Crippen molar-refractivity contribution in [1.82, 2.24) is 9.88 Å². The van der Waals surface area contributed by atoms with Crippen molar-refractivity contribution in [2.75, 3.05) is 12.3 Å². The van der Waals surface area contributed by atoms with E-state index in [0.717, 1.165) is 5.56 Å². The molecule has 0 aromatic carbocycles. The van der Waals surface area contributed by atoms with Gasteiger partial charge < -0.3 is 5.73 Å². The summed E-state index contributed by atoms with van der Waals surface area (Å²) in [6.45, 7) is 5.40. The number of hydrogen-bond donors (Lipinski definition) is 1. The van der Waals surface area contributed by atoms with Gasteiger partial charge in [-0.25, -0.2) is 13.8 Å². The zero-order valence-electron chi connectivity index (χ0n) is 10.4. The van der Waals surface area contributed by atoms with E-state index in [1.165, 1.54) is 0 Å². The number of aromatic nitrogens is 1. The number of hydrogen-bond acceptors (Lipinski definition) is 3. The van der Waals surface area contributed by atoms with E-state index in [-0.39, 0.29) is 18.6 Å². The lowest BCUT2D eigenvalue weighted by Gasteiger charge is -2.32. The Labute approximate surface area is 101 Å². The van der Waals surface area contributed by atoms with E-state index in [2.05, 4.69) is 4.98 Å². The number of nitrogens with zero attached hydrogens (tertiary/aromatic N) is 2. The molecule has 1 aromatic rings. The third-order valence-electron chi connectivity index (χ3n) is 2.83. The van der Waals surface area contributed by atoms with Crippen LogP contribution >= 0.6 is 0 Å². The van der Waals surface area contributed by atoms with Crippen LogP contribution in [0.1, 0.15) is 32.4 Å². The van der Waals surface area contributed by atoms with Gasteiger partial charge in [0.25, 0.3) is 6.43 Å². The quantitative estimate of drug-likeness (QED) is 0.864. The summed E-state index contributed by atoms with van der Waals surface area (Å²) in [4.78, 5) is 5.70. The average molecular weight is 243 g/mol. The molecule has 0 aliphatic carbocycles. The molecule has 0 fully saturated rings. The lowest BCUT2D eigenvalue weighted by Crippen LogP contribution is -2.37. The monoisotopic (exact) mass is 243 g/mol. The third kappa shape index (κ3) is 3.63. The van der Waals surface area contributed by atoms with Gasteiger partial charge in [-0.2, -0.15) is 0 Å². The van der Waals surface area contributed by atoms with Gasteiger partial charge in [-0.15, -0.1) is 0 Å². The topological polar surface area (TPSA) is 42.2 Å². The Balaban J connectivity index is 2.92. The maximum atomic E-state index is 12.5. The second kappa shape index (κ2) is 5.91. The first kappa shape index (κ1) is 13.8. The number of halogens is 2. The predicted molar refractivity (Wildman–Crippen MR) is 64.9 cm³/mol. The van der Waals surface area contributed by atoms with Gasteiger partial charge >= 0.3 is 0 Å². The van der Waals surface area contributed by atoms with Crippen molar-refractivity contribution >= 4 is 5.82 Å². The molecule has 0 saturated heterocycles. The highest BCUT2D eigenvalue weighted by molar-refractivity contribution is 5.40. The summed E-state index contributed by atoms with van der Waals surface area (Å²) in [7, 11) is 0. The number of pyridine rings is 1. The van der Waals surface area contributed by atoms with Crippen LogP contribution in [0.2, 0.25) is 0 Å². The normalized spacial score (nSPS) is 13.6. The van der Waals surface area contributed by atoms with Crippen molar-refractivity contribution in [3.8, 4) is 0 Å². The van der Waals surface area contributed by atoms with Crippen LogP contribution in [0, 0.1) is 0 Å². The Morgan fingerprint density at radius 2 is 2.00 bits per heavy atom. The lowest BCUT2D eigenvalue weighted by atomic mass is 10.1. The summed E-state index contributed by atoms with van der Waals surface area (Å²) in [5.41, 5.74) is 6.56. The van der Waals surface area contributed by atoms with E-state index < -0.39 is 6.43 Å². The molecule has 5 heteroatoms. The molecule has 1 unspecified atom stereocenters. The molecule has 0 aliphatic rings. The molecule has 0 amide bonds. The van der Waals surface area contributed by atoms with Crippen LogP contribution in [-0.4, -0.2) is 28.9 Å². The highest BCUT2D eigenvalue weighted by atomic mass is 19.3. The molecule has 96 valence electrons. The van der Waals surface area contributed by atoms with Crippen LogP contribution in [0.15, 0.2) is 18.3 Å². The molecule has 1 rings (SSSR count). The van der Waals surface area contributed by atoms with E-state index >= 15 is 0 Å². The Bertz CT molecular complexity index is 355. The summed E-state index contributed by atoms with van der Waals surface area (Å²) in [6, 6.07) is 3.45. The Hall–Kier alpha value is -1.23. The summed E-state index contributed by atoms with van der Waals surface area (Å²) in [6.07, 6.45) is -0.754. The van der Waals surface area contributed by atoms with E-state index in [4.69, 9.17) is 5.73 Å². The summed E-state index contributed by atoms with van der Waals surface area (Å²) < 4.78 is 25.1. The van der Waals surface area contributed by atoms with Crippen molar-refractivity contribution < 1.29 is 8.78 Å². The van der Waals surface area contributed by atoms with Gasteiger partial charge in [-0.3, -0.25) is 4.90 Å². The van der Waals surface area contributed by atoms with Crippen molar-refractivity contribution in [2.24, 2.45) is 0 Å². The van der Waals surface area contributed by atoms with E-state index in [1.54, 1.807) is 17.2 Å². The minimum Gasteiger partial charge on any atom is -0.383 e. The number of nitrogens with two attached hydrogens (primary N) is 1. The first-order valence-electron chi connectivity index (χ1n) is 5.67. The van der Waals surface area contributed by atoms with Crippen molar-refractivity contribution in [3.63, 3.8) is 0 Å². The van der Waals surface area contributed by atoms with Gasteiger partial charge in [0.15, 0.2) is 0 Å². The molecule has 0 radical (unpaired) electrons. The number of nitrogen functional groups attached to an aromatic ring is 1. The van der Waals surface area contributed by atoms with Crippen molar-refractivity contribution in [1.29, 1.82) is 0 Å². The fraction of sp³-hybridized carbons (Fsp3) is 0.583. The number of rotatable bonds is 5. The third-order valence-corrected chi connectivity index (χ3v) is 2.83. The summed E-state index contributed by atoms with van der Waals surface area (Å²) >= 11 is 0. The van der Waals surface area contributed by atoms with Crippen molar-refractivity contribution in [3.05, 3.63) is 23.9 Å². The Kier molecular flexibility index (Phi) is 4.81. The summed E-state index contributed by atoms with van der Waals surface area (Å²) in [5, 5.41) is 0. The van der Waals surface area contributed by atoms with Crippen molar-refractivity contribution in [2.45, 2.75) is 39.3 Å². The molecule has 1 aromatic heterocycles. The number of alkyl halides is 2. The first-order valence-corrected chi connectivity index (χ1v) is 5.67. The minimum absolute atomic E-state index is 0.0265. The molecule has 0 saturated carbocycles. The van der Waals surface area contributed by atoms with Gasteiger partial charge in [-0.1, -0.05) is 6.07 Å². The molecule has 3 nitrogen and oxygen atoms in total. The van der Waals surface area contributed by atoms with E-state index in [1.807, 2.05) is 26.8 Å². The largest absolute Gasteiger partial charge is 0.383 e. The highest BCUT2D eigenvalue weighted by Gasteiger charge is 2.23. The highest BCUT2D eigenvalue weighted by Crippen LogP contribution is 2.26. The fourth-order valence-corrected chi connectivity index (χ4v) is 1.94. The van der Waals surface area contributed by atoms with Crippen LogP contribution in [-0.2, 0) is 0 Å². The molecule has 0 spiro atoms. The second-order valence-corrected chi connectivity index (χ2v) is 4.34. The standard InChI is InChI=1S/C12H19F2N3/c1-8(2)17(7-11(13)14)9(3)10-5-4-6-16-12(10)15/h4-6,8-9,11H,7H2,1-3H3,(H2,15,16). The second-order valence-electron chi connectivity index (χ2n) is 4.34. The zero-order chi connectivity index (χ0) is 13.0. The molecule has 17 heavy (non-hydrogen) atoms. The lowest BCUT2D eigenvalue weighted by molar-refractivity contribution is 0.0512. The Morgan fingerprint density at radius 1 is 1.35 bits per heavy atom. The van der Waals surface area contributed by atoms with E-state index in [0.29, 0.717) is 5.82 Å². The SMILES string of the molecule is CC(C)N(CC(F)F)C(C)c1cccnc1N. The molecule has 2 N–H and O–H groups in total. The molecule has 1 heterocycles. The van der Waals surface area contributed by atoms with Crippen LogP contribution in [0.4, 0.5) is 14.6 Å². The molecular weight excluding hydrogens is 224 g/mol.